The third-order valence-corrected chi connectivity index (χ3v) is 11.9. The first-order valence-electron chi connectivity index (χ1n) is 19.6. The van der Waals surface area contributed by atoms with Crippen molar-refractivity contribution in [1.82, 2.24) is 0 Å². The average molecular weight is 875 g/mol. The molecule has 0 saturated carbocycles. The van der Waals surface area contributed by atoms with Crippen LogP contribution < -0.4 is 9.47 Å². The molecular formula is C51H38O10S2. The predicted molar refractivity (Wildman–Crippen MR) is 241 cm³/mol. The number of aryl methyl sites for hydroxylation is 2. The van der Waals surface area contributed by atoms with Gasteiger partial charge in [0.15, 0.2) is 11.6 Å². The van der Waals surface area contributed by atoms with E-state index in [1.807, 2.05) is 74.5 Å². The van der Waals surface area contributed by atoms with Crippen molar-refractivity contribution in [2.45, 2.75) is 30.1 Å². The van der Waals surface area contributed by atoms with E-state index in [0.717, 1.165) is 27.5 Å². The SMILES string of the molecule is Cc1ccc(C(=O)c2ccc(Oc3ccc(Oc4ccc(C(=O)c5ccc(Cc6ccc(-c7ccc(C)cc7SOOO)c(S(=O)(=O)O)c6)cc5)cc4)c4ccccc34)cc2)cc1. The Bertz CT molecular complexity index is 3070. The first-order chi connectivity index (χ1) is 30.4. The maximum absolute atomic E-state index is 13.5. The van der Waals surface area contributed by atoms with Gasteiger partial charge in [-0.15, -0.1) is 4.33 Å². The van der Waals surface area contributed by atoms with Crippen LogP contribution in [0, 0.1) is 13.8 Å². The standard InChI is InChI=1S/C51H38O10S2/c1-32-7-13-36(14-8-32)50(52)38-17-21-40(22-18-38)58-46-27-28-47(43-6-4-3-5-42(43)46)59-41-23-19-39(20-24-41)51(53)37-15-10-34(11-16-37)30-35-12-26-45(49(31-35)63(55,56)57)44-25-9-33(2)29-48(44)62-61-60-54/h3-29,31,54H,30H2,1-2H3,(H,55,56,57). The summed E-state index contributed by atoms with van der Waals surface area (Å²) in [7, 11) is -4.64. The molecule has 314 valence electrons. The Labute approximate surface area is 368 Å². The Morgan fingerprint density at radius 1 is 0.540 bits per heavy atom. The molecule has 0 amide bonds. The Hall–Kier alpha value is -6.90. The van der Waals surface area contributed by atoms with Gasteiger partial charge in [0.2, 0.25) is 0 Å². The van der Waals surface area contributed by atoms with E-state index in [0.29, 0.717) is 79.7 Å². The molecule has 63 heavy (non-hydrogen) atoms. The summed E-state index contributed by atoms with van der Waals surface area (Å²) < 4.78 is 52.5. The van der Waals surface area contributed by atoms with Gasteiger partial charge in [-0.05, 0) is 115 Å². The molecule has 0 bridgehead atoms. The highest BCUT2D eigenvalue weighted by Gasteiger charge is 2.21. The van der Waals surface area contributed by atoms with E-state index in [4.69, 9.17) is 14.7 Å². The summed E-state index contributed by atoms with van der Waals surface area (Å²) in [6.45, 7) is 3.82. The molecule has 0 atom stereocenters. The van der Waals surface area contributed by atoms with E-state index in [-0.39, 0.29) is 22.0 Å². The summed E-state index contributed by atoms with van der Waals surface area (Å²) in [5.41, 5.74) is 6.20. The van der Waals surface area contributed by atoms with Gasteiger partial charge in [-0.25, -0.2) is 5.26 Å². The van der Waals surface area contributed by atoms with Gasteiger partial charge in [0.05, 0.1) is 12.0 Å². The van der Waals surface area contributed by atoms with Crippen molar-refractivity contribution in [1.29, 1.82) is 0 Å². The fourth-order valence-electron chi connectivity index (χ4n) is 7.16. The van der Waals surface area contributed by atoms with Crippen LogP contribution in [0.4, 0.5) is 0 Å². The van der Waals surface area contributed by atoms with Crippen molar-refractivity contribution >= 4 is 44.5 Å². The molecule has 0 aliphatic heterocycles. The van der Waals surface area contributed by atoms with Crippen molar-refractivity contribution < 1.29 is 46.7 Å². The van der Waals surface area contributed by atoms with Crippen molar-refractivity contribution in [3.8, 4) is 34.1 Å². The number of rotatable bonds is 15. The highest BCUT2D eigenvalue weighted by atomic mass is 32.2. The van der Waals surface area contributed by atoms with Crippen LogP contribution in [-0.2, 0) is 25.9 Å². The van der Waals surface area contributed by atoms with Crippen LogP contribution in [0.2, 0.25) is 0 Å². The van der Waals surface area contributed by atoms with Crippen LogP contribution in [-0.4, -0.2) is 29.8 Å². The Morgan fingerprint density at radius 3 is 1.51 bits per heavy atom. The second-order valence-electron chi connectivity index (χ2n) is 14.8. The van der Waals surface area contributed by atoms with E-state index in [1.165, 1.54) is 6.07 Å². The molecular weight excluding hydrogens is 837 g/mol. The molecule has 0 unspecified atom stereocenters. The lowest BCUT2D eigenvalue weighted by Crippen LogP contribution is -2.04. The molecule has 0 aliphatic rings. The number of carbonyl (C=O) groups excluding carboxylic acids is 2. The minimum Gasteiger partial charge on any atom is -0.457 e. The summed E-state index contributed by atoms with van der Waals surface area (Å²) in [5.74, 6) is 2.10. The van der Waals surface area contributed by atoms with Crippen LogP contribution in [0.5, 0.6) is 23.0 Å². The zero-order chi connectivity index (χ0) is 44.1. The highest BCUT2D eigenvalue weighted by molar-refractivity contribution is 7.94. The molecule has 0 heterocycles. The smallest absolute Gasteiger partial charge is 0.295 e. The van der Waals surface area contributed by atoms with Gasteiger partial charge in [-0.3, -0.25) is 14.1 Å². The van der Waals surface area contributed by atoms with Gasteiger partial charge in [-0.2, -0.15) is 8.42 Å². The topological polar surface area (TPSA) is 146 Å². The maximum atomic E-state index is 13.5. The van der Waals surface area contributed by atoms with E-state index in [1.54, 1.807) is 103 Å². The Morgan fingerprint density at radius 2 is 1.00 bits per heavy atom. The fraction of sp³-hybridized carbons (Fsp3) is 0.0588. The summed E-state index contributed by atoms with van der Waals surface area (Å²) in [6, 6.07) is 49.8. The summed E-state index contributed by atoms with van der Waals surface area (Å²) in [6.07, 6.45) is 0.326. The number of hydrogen-bond acceptors (Lipinski definition) is 10. The number of ether oxygens (including phenoxy) is 2. The molecule has 8 aromatic carbocycles. The maximum Gasteiger partial charge on any atom is 0.295 e. The van der Waals surface area contributed by atoms with E-state index in [9.17, 15) is 22.6 Å². The number of benzene rings is 8. The normalized spacial score (nSPS) is 11.4. The molecule has 2 N–H and O–H groups in total. The summed E-state index contributed by atoms with van der Waals surface area (Å²) in [5, 5.41) is 14.1. The lowest BCUT2D eigenvalue weighted by Gasteiger charge is -2.14. The van der Waals surface area contributed by atoms with Crippen LogP contribution in [0.15, 0.2) is 180 Å². The van der Waals surface area contributed by atoms with Crippen molar-refractivity contribution in [3.05, 3.63) is 214 Å². The predicted octanol–water partition coefficient (Wildman–Crippen LogP) is 12.4. The summed E-state index contributed by atoms with van der Waals surface area (Å²) in [4.78, 5) is 26.7. The van der Waals surface area contributed by atoms with Crippen LogP contribution >= 0.6 is 12.0 Å². The molecule has 10 nitrogen and oxygen atoms in total. The molecule has 12 heteroatoms. The van der Waals surface area contributed by atoms with Gasteiger partial charge in [0.25, 0.3) is 10.1 Å². The van der Waals surface area contributed by atoms with Gasteiger partial charge >= 0.3 is 0 Å². The van der Waals surface area contributed by atoms with E-state index in [2.05, 4.69) is 9.37 Å². The summed E-state index contributed by atoms with van der Waals surface area (Å²) >= 11 is 0.693. The molecule has 0 aliphatic carbocycles. The largest absolute Gasteiger partial charge is 0.457 e. The van der Waals surface area contributed by atoms with Crippen molar-refractivity contribution in [3.63, 3.8) is 0 Å². The minimum absolute atomic E-state index is 0.0591. The van der Waals surface area contributed by atoms with Crippen LogP contribution in [0.1, 0.15) is 54.1 Å². The first kappa shape index (κ1) is 42.8. The highest BCUT2D eigenvalue weighted by Crippen LogP contribution is 2.39. The molecule has 0 fully saturated rings. The minimum atomic E-state index is -4.64. The monoisotopic (exact) mass is 874 g/mol. The van der Waals surface area contributed by atoms with Crippen LogP contribution in [0.25, 0.3) is 21.9 Å². The number of hydrogen-bond donors (Lipinski definition) is 2. The van der Waals surface area contributed by atoms with Gasteiger partial charge in [-0.1, -0.05) is 108 Å². The lowest BCUT2D eigenvalue weighted by atomic mass is 9.97. The molecule has 0 saturated heterocycles. The number of carbonyl (C=O) groups is 2. The Kier molecular flexibility index (Phi) is 12.6. The lowest BCUT2D eigenvalue weighted by molar-refractivity contribution is -0.432. The van der Waals surface area contributed by atoms with Gasteiger partial charge in [0.1, 0.15) is 27.9 Å². The second kappa shape index (κ2) is 18.6. The zero-order valence-corrected chi connectivity index (χ0v) is 35.5. The van der Waals surface area contributed by atoms with Crippen molar-refractivity contribution in [2.75, 3.05) is 0 Å². The number of fused-ring (bicyclic) bond motifs is 1. The molecule has 0 spiro atoms. The third-order valence-electron chi connectivity index (χ3n) is 10.4. The first-order valence-corrected chi connectivity index (χ1v) is 21.8. The molecule has 8 aromatic rings. The molecule has 8 rings (SSSR count). The molecule has 0 aromatic heterocycles. The number of ketones is 2. The van der Waals surface area contributed by atoms with E-state index >= 15 is 0 Å². The average Bonchev–Trinajstić information content (AvgIpc) is 3.29. The zero-order valence-electron chi connectivity index (χ0n) is 33.8. The Balaban J connectivity index is 0.931. The third kappa shape index (κ3) is 9.93. The second-order valence-corrected chi connectivity index (χ2v) is 16.9. The van der Waals surface area contributed by atoms with E-state index < -0.39 is 10.1 Å². The quantitative estimate of drug-likeness (QED) is 0.0334. The fourth-order valence-corrected chi connectivity index (χ4v) is 8.52. The van der Waals surface area contributed by atoms with Crippen LogP contribution in [0.3, 0.4) is 0 Å². The van der Waals surface area contributed by atoms with Gasteiger partial charge < -0.3 is 9.47 Å². The molecule has 0 radical (unpaired) electrons. The van der Waals surface area contributed by atoms with Crippen molar-refractivity contribution in [2.24, 2.45) is 0 Å². The van der Waals surface area contributed by atoms with Gasteiger partial charge in [0, 0.05) is 43.5 Å².